The third kappa shape index (κ3) is 19.2. The van der Waals surface area contributed by atoms with Gasteiger partial charge in [0.25, 0.3) is 0 Å². The molecule has 0 saturated heterocycles. The van der Waals surface area contributed by atoms with Gasteiger partial charge in [-0.05, 0) is 39.5 Å². The average Bonchev–Trinajstić information content (AvgIpc) is 2.89. The van der Waals surface area contributed by atoms with E-state index < -0.39 is 0 Å². The summed E-state index contributed by atoms with van der Waals surface area (Å²) in [7, 11) is 0. The molecule has 2 heteroatoms. The van der Waals surface area contributed by atoms with Crippen molar-refractivity contribution >= 4 is 0 Å². The van der Waals surface area contributed by atoms with Crippen molar-refractivity contribution in [1.82, 2.24) is 0 Å². The maximum Gasteiger partial charge on any atom is 0.118 e. The summed E-state index contributed by atoms with van der Waals surface area (Å²) in [6, 6.07) is 11.3. The van der Waals surface area contributed by atoms with Crippen LogP contribution >= 0.6 is 0 Å². The zero-order valence-electron chi connectivity index (χ0n) is 25.7. The van der Waals surface area contributed by atoms with Gasteiger partial charge in [0.15, 0.2) is 0 Å². The maximum absolute atomic E-state index is 2.48. The van der Waals surface area contributed by atoms with Crippen LogP contribution in [0.15, 0.2) is 30.3 Å². The monoisotopic (exact) mass is 535 g/mol. The van der Waals surface area contributed by atoms with Gasteiger partial charge in [-0.15, -0.1) is 0 Å². The minimum atomic E-state index is 0. The Morgan fingerprint density at radius 2 is 0.757 bits per heavy atom. The fourth-order valence-corrected chi connectivity index (χ4v) is 5.81. The van der Waals surface area contributed by atoms with Crippen molar-refractivity contribution in [2.45, 2.75) is 174 Å². The van der Waals surface area contributed by atoms with E-state index in [0.29, 0.717) is 0 Å². The number of quaternary nitrogens is 1. The highest BCUT2D eigenvalue weighted by atomic mass is 35.5. The first-order valence-electron chi connectivity index (χ1n) is 16.5. The van der Waals surface area contributed by atoms with Crippen molar-refractivity contribution in [2.75, 3.05) is 13.1 Å². The van der Waals surface area contributed by atoms with Crippen LogP contribution < -0.4 is 17.3 Å². The van der Waals surface area contributed by atoms with Gasteiger partial charge in [0.05, 0.1) is 13.1 Å². The lowest BCUT2D eigenvalue weighted by molar-refractivity contribution is -0.957. The first-order chi connectivity index (χ1) is 17.6. The van der Waals surface area contributed by atoms with E-state index in [4.69, 9.17) is 0 Å². The number of halogens is 1. The van der Waals surface area contributed by atoms with Gasteiger partial charge in [0.2, 0.25) is 0 Å². The van der Waals surface area contributed by atoms with Crippen LogP contribution in [0.4, 0.5) is 0 Å². The summed E-state index contributed by atoms with van der Waals surface area (Å²) in [5.41, 5.74) is 1.71. The van der Waals surface area contributed by atoms with Gasteiger partial charge in [-0.3, -0.25) is 0 Å². The van der Waals surface area contributed by atoms with Crippen molar-refractivity contribution in [3.8, 4) is 0 Å². The lowest BCUT2D eigenvalue weighted by Crippen LogP contribution is -3.18. The predicted octanol–water partition coefficient (Wildman–Crippen LogP) is 7.43. The summed E-state index contributed by atoms with van der Waals surface area (Å²) in [6.07, 6.45) is 31.5. The standard InChI is InChI=1S/C35H65N.ClH/c1-5-7-9-11-13-15-17-18-20-22-24-29-33-36(35(3,4)34-30-26-25-27-31-34)32-28-23-21-19-16-14-12-10-8-6-2;/h25-27,30-31H,5-24,28-29,32-33H2,1-4H3;1H. The molecule has 0 bridgehead atoms. The van der Waals surface area contributed by atoms with Crippen molar-refractivity contribution < 1.29 is 17.3 Å². The first-order valence-corrected chi connectivity index (χ1v) is 16.5. The lowest BCUT2D eigenvalue weighted by Gasteiger charge is -2.36. The van der Waals surface area contributed by atoms with Crippen molar-refractivity contribution in [1.29, 1.82) is 0 Å². The van der Waals surface area contributed by atoms with Gasteiger partial charge in [-0.25, -0.2) is 0 Å². The molecule has 0 heterocycles. The Hall–Kier alpha value is -0.530. The Kier molecular flexibility index (Phi) is 25.4. The van der Waals surface area contributed by atoms with Gasteiger partial charge in [-0.2, -0.15) is 0 Å². The van der Waals surface area contributed by atoms with Crippen molar-refractivity contribution in [2.24, 2.45) is 0 Å². The second-order valence-electron chi connectivity index (χ2n) is 12.2. The second kappa shape index (κ2) is 25.7. The van der Waals surface area contributed by atoms with Gasteiger partial charge >= 0.3 is 0 Å². The third-order valence-electron chi connectivity index (χ3n) is 8.54. The van der Waals surface area contributed by atoms with E-state index in [1.807, 2.05) is 0 Å². The smallest absolute Gasteiger partial charge is 0.118 e. The Balaban J connectivity index is 0.0000130. The third-order valence-corrected chi connectivity index (χ3v) is 8.54. The fourth-order valence-electron chi connectivity index (χ4n) is 5.81. The molecule has 0 fully saturated rings. The normalized spacial score (nSPS) is 12.4. The second-order valence-corrected chi connectivity index (χ2v) is 12.2. The Bertz CT molecular complexity index is 570. The molecule has 218 valence electrons. The van der Waals surface area contributed by atoms with Crippen LogP contribution in [-0.2, 0) is 5.54 Å². The van der Waals surface area contributed by atoms with E-state index in [1.165, 1.54) is 160 Å². The summed E-state index contributed by atoms with van der Waals surface area (Å²) in [6.45, 7) is 12.2. The van der Waals surface area contributed by atoms with Crippen LogP contribution in [0.3, 0.4) is 0 Å². The number of rotatable bonds is 26. The largest absolute Gasteiger partial charge is 1.00 e. The van der Waals surface area contributed by atoms with Crippen molar-refractivity contribution in [3.63, 3.8) is 0 Å². The molecule has 0 aromatic heterocycles. The molecule has 0 amide bonds. The molecule has 37 heavy (non-hydrogen) atoms. The molecule has 1 rings (SSSR count). The SMILES string of the molecule is CCCCCCCCCCCCCC[NH+](CCCCCCCCCCCC)C(C)(C)c1ccccc1.[Cl-]. The quantitative estimate of drug-likeness (QED) is 0.118. The average molecular weight is 536 g/mol. The Morgan fingerprint density at radius 1 is 0.459 bits per heavy atom. The molecule has 1 N–H and O–H groups in total. The summed E-state index contributed by atoms with van der Waals surface area (Å²) in [5, 5.41) is 0. The van der Waals surface area contributed by atoms with Crippen molar-refractivity contribution in [3.05, 3.63) is 35.9 Å². The van der Waals surface area contributed by atoms with E-state index in [0.717, 1.165) is 0 Å². The summed E-state index contributed by atoms with van der Waals surface area (Å²) in [5.74, 6) is 0. The summed E-state index contributed by atoms with van der Waals surface area (Å²) in [4.78, 5) is 1.81. The molecule has 1 unspecified atom stereocenters. The van der Waals surface area contributed by atoms with Crippen LogP contribution in [0, 0.1) is 0 Å². The van der Waals surface area contributed by atoms with Gasteiger partial charge < -0.3 is 17.3 Å². The predicted molar refractivity (Wildman–Crippen MR) is 163 cm³/mol. The van der Waals surface area contributed by atoms with Crippen LogP contribution in [0.25, 0.3) is 0 Å². The van der Waals surface area contributed by atoms with Crippen LogP contribution in [0.2, 0.25) is 0 Å². The highest BCUT2D eigenvalue weighted by molar-refractivity contribution is 5.20. The van der Waals surface area contributed by atoms with Crippen LogP contribution in [0.1, 0.15) is 175 Å². The zero-order chi connectivity index (χ0) is 26.2. The minimum absolute atomic E-state index is 0. The highest BCUT2D eigenvalue weighted by Gasteiger charge is 2.31. The molecule has 1 aromatic carbocycles. The van der Waals surface area contributed by atoms with Gasteiger partial charge in [-0.1, -0.05) is 160 Å². The first kappa shape index (κ1) is 36.5. The van der Waals surface area contributed by atoms with Gasteiger partial charge in [0.1, 0.15) is 5.54 Å². The molecule has 1 atom stereocenters. The number of hydrogen-bond acceptors (Lipinski definition) is 0. The lowest BCUT2D eigenvalue weighted by atomic mass is 9.91. The molecule has 0 aliphatic heterocycles. The Labute approximate surface area is 240 Å². The summed E-state index contributed by atoms with van der Waals surface area (Å²) >= 11 is 0. The molecule has 0 spiro atoms. The van der Waals surface area contributed by atoms with Crippen LogP contribution in [-0.4, -0.2) is 13.1 Å². The fraction of sp³-hybridized carbons (Fsp3) is 0.829. The van der Waals surface area contributed by atoms with E-state index in [-0.39, 0.29) is 17.9 Å². The van der Waals surface area contributed by atoms with Gasteiger partial charge in [0, 0.05) is 5.56 Å². The molecule has 0 aliphatic carbocycles. The Morgan fingerprint density at radius 3 is 1.08 bits per heavy atom. The number of hydrogen-bond donors (Lipinski definition) is 1. The summed E-state index contributed by atoms with van der Waals surface area (Å²) < 4.78 is 0. The van der Waals surface area contributed by atoms with E-state index in [1.54, 1.807) is 4.90 Å². The molecule has 0 radical (unpaired) electrons. The highest BCUT2D eigenvalue weighted by Crippen LogP contribution is 2.17. The molecule has 0 aliphatic rings. The molecular formula is C35H66ClN. The van der Waals surface area contributed by atoms with E-state index in [9.17, 15) is 0 Å². The number of nitrogens with one attached hydrogen (secondary N) is 1. The number of unbranched alkanes of at least 4 members (excludes halogenated alkanes) is 20. The van der Waals surface area contributed by atoms with E-state index >= 15 is 0 Å². The van der Waals surface area contributed by atoms with E-state index in [2.05, 4.69) is 58.0 Å². The molecule has 1 nitrogen and oxygen atoms in total. The maximum atomic E-state index is 2.48. The molecule has 0 saturated carbocycles. The number of benzene rings is 1. The molecule has 1 aromatic rings. The topological polar surface area (TPSA) is 4.44 Å². The minimum Gasteiger partial charge on any atom is -1.00 e. The zero-order valence-corrected chi connectivity index (χ0v) is 26.5. The van der Waals surface area contributed by atoms with Crippen LogP contribution in [0.5, 0.6) is 0 Å². The molecular weight excluding hydrogens is 470 g/mol.